The third-order valence-electron chi connectivity index (χ3n) is 7.51. The van der Waals surface area contributed by atoms with Crippen molar-refractivity contribution >= 4 is 54.3 Å². The Morgan fingerprint density at radius 2 is 1.08 bits per heavy atom. The number of fused-ring (bicyclic) bond motifs is 7. The summed E-state index contributed by atoms with van der Waals surface area (Å²) in [5.41, 5.74) is 6.05. The molecule has 0 radical (unpaired) electrons. The summed E-state index contributed by atoms with van der Waals surface area (Å²) >= 11 is 0. The van der Waals surface area contributed by atoms with E-state index >= 15 is 0 Å². The molecule has 0 saturated heterocycles. The summed E-state index contributed by atoms with van der Waals surface area (Å²) < 4.78 is 4.75. The Morgan fingerprint density at radius 1 is 0.389 bits per heavy atom. The molecule has 6 aromatic carbocycles. The Kier molecular flexibility index (Phi) is 3.97. The summed E-state index contributed by atoms with van der Waals surface area (Å²) in [6, 6.07) is 46.1. The van der Waals surface area contributed by atoms with Crippen molar-refractivity contribution in [2.75, 3.05) is 0 Å². The van der Waals surface area contributed by atoms with Crippen LogP contribution in [0.25, 0.3) is 65.6 Å². The number of para-hydroxylation sites is 2. The Hall–Kier alpha value is -4.82. The normalized spacial score (nSPS) is 11.9. The topological polar surface area (TPSA) is 9.86 Å². The van der Waals surface area contributed by atoms with Gasteiger partial charge in [0.2, 0.25) is 0 Å². The van der Waals surface area contributed by atoms with E-state index in [0.29, 0.717) is 0 Å². The molecule has 0 atom stereocenters. The first-order valence-electron chi connectivity index (χ1n) is 12.4. The smallest absolute Gasteiger partial charge is 0.0562 e. The SMILES string of the molecule is c1ccc(-n2ccc3cc4c5ccccc5n(-c5cc6ccccc6c6ccccc56)c4cc32)cc1. The van der Waals surface area contributed by atoms with E-state index in [4.69, 9.17) is 0 Å². The zero-order chi connectivity index (χ0) is 23.6. The first kappa shape index (κ1) is 19.5. The van der Waals surface area contributed by atoms with Gasteiger partial charge in [-0.1, -0.05) is 84.9 Å². The van der Waals surface area contributed by atoms with Gasteiger partial charge in [-0.2, -0.15) is 0 Å². The molecule has 0 aliphatic heterocycles. The summed E-state index contributed by atoms with van der Waals surface area (Å²) in [6.45, 7) is 0. The molecule has 2 nitrogen and oxygen atoms in total. The maximum absolute atomic E-state index is 2.46. The van der Waals surface area contributed by atoms with E-state index in [1.165, 1.54) is 65.6 Å². The van der Waals surface area contributed by atoms with Crippen molar-refractivity contribution in [3.63, 3.8) is 0 Å². The fourth-order valence-electron chi connectivity index (χ4n) is 5.89. The van der Waals surface area contributed by atoms with Gasteiger partial charge in [0.15, 0.2) is 0 Å². The lowest BCUT2D eigenvalue weighted by atomic mass is 10.00. The second-order valence-corrected chi connectivity index (χ2v) is 9.46. The molecule has 2 heteroatoms. The third kappa shape index (κ3) is 2.67. The predicted octanol–water partition coefficient (Wildman–Crippen LogP) is 9.03. The van der Waals surface area contributed by atoms with Crippen molar-refractivity contribution in [3.8, 4) is 11.4 Å². The van der Waals surface area contributed by atoms with Gasteiger partial charge in [-0.15, -0.1) is 0 Å². The van der Waals surface area contributed by atoms with Crippen LogP contribution in [0.1, 0.15) is 0 Å². The number of aromatic nitrogens is 2. The summed E-state index contributed by atoms with van der Waals surface area (Å²) in [5.74, 6) is 0. The molecule has 0 amide bonds. The van der Waals surface area contributed by atoms with Gasteiger partial charge < -0.3 is 9.13 Å². The first-order valence-corrected chi connectivity index (χ1v) is 12.4. The lowest BCUT2D eigenvalue weighted by molar-refractivity contribution is 1.13. The molecule has 2 heterocycles. The molecule has 2 aromatic heterocycles. The minimum Gasteiger partial charge on any atom is -0.316 e. The first-order chi connectivity index (χ1) is 17.9. The summed E-state index contributed by atoms with van der Waals surface area (Å²) in [4.78, 5) is 0. The van der Waals surface area contributed by atoms with Gasteiger partial charge in [0, 0.05) is 33.4 Å². The second-order valence-electron chi connectivity index (χ2n) is 9.46. The molecule has 0 N–H and O–H groups in total. The lowest BCUT2D eigenvalue weighted by Crippen LogP contribution is -1.97. The van der Waals surface area contributed by atoms with Crippen LogP contribution in [0.3, 0.4) is 0 Å². The van der Waals surface area contributed by atoms with Gasteiger partial charge in [-0.3, -0.25) is 0 Å². The van der Waals surface area contributed by atoms with E-state index in [0.717, 1.165) is 0 Å². The Morgan fingerprint density at radius 3 is 1.94 bits per heavy atom. The molecule has 168 valence electrons. The zero-order valence-corrected chi connectivity index (χ0v) is 19.6. The van der Waals surface area contributed by atoms with Crippen LogP contribution in [0.2, 0.25) is 0 Å². The monoisotopic (exact) mass is 458 g/mol. The highest BCUT2D eigenvalue weighted by molar-refractivity contribution is 6.17. The molecule has 0 aliphatic rings. The van der Waals surface area contributed by atoms with Crippen LogP contribution < -0.4 is 0 Å². The molecule has 0 fully saturated rings. The predicted molar refractivity (Wildman–Crippen MR) is 153 cm³/mol. The number of nitrogens with zero attached hydrogens (tertiary/aromatic N) is 2. The zero-order valence-electron chi connectivity index (χ0n) is 19.6. The highest BCUT2D eigenvalue weighted by Crippen LogP contribution is 2.39. The van der Waals surface area contributed by atoms with Gasteiger partial charge in [0.1, 0.15) is 0 Å². The molecule has 0 saturated carbocycles. The van der Waals surface area contributed by atoms with Crippen LogP contribution in [0.5, 0.6) is 0 Å². The van der Waals surface area contributed by atoms with Crippen molar-refractivity contribution < 1.29 is 0 Å². The van der Waals surface area contributed by atoms with Gasteiger partial charge in [0.05, 0.1) is 22.2 Å². The summed E-state index contributed by atoms with van der Waals surface area (Å²) in [5, 5.41) is 8.89. The van der Waals surface area contributed by atoms with Crippen LogP contribution in [-0.2, 0) is 0 Å². The number of benzene rings is 6. The molecule has 8 aromatic rings. The summed E-state index contributed by atoms with van der Waals surface area (Å²) in [6.07, 6.45) is 2.18. The van der Waals surface area contributed by atoms with Crippen molar-refractivity contribution in [2.24, 2.45) is 0 Å². The average molecular weight is 459 g/mol. The van der Waals surface area contributed by atoms with Crippen molar-refractivity contribution in [1.82, 2.24) is 9.13 Å². The van der Waals surface area contributed by atoms with Crippen molar-refractivity contribution in [2.45, 2.75) is 0 Å². The van der Waals surface area contributed by atoms with E-state index in [-0.39, 0.29) is 0 Å². The summed E-state index contributed by atoms with van der Waals surface area (Å²) in [7, 11) is 0. The van der Waals surface area contributed by atoms with E-state index in [9.17, 15) is 0 Å². The van der Waals surface area contributed by atoms with Crippen molar-refractivity contribution in [1.29, 1.82) is 0 Å². The van der Waals surface area contributed by atoms with Gasteiger partial charge in [-0.05, 0) is 58.6 Å². The van der Waals surface area contributed by atoms with Crippen LogP contribution in [0.4, 0.5) is 0 Å². The molecule has 8 rings (SSSR count). The van der Waals surface area contributed by atoms with Crippen LogP contribution >= 0.6 is 0 Å². The van der Waals surface area contributed by atoms with E-state index < -0.39 is 0 Å². The van der Waals surface area contributed by atoms with Gasteiger partial charge in [-0.25, -0.2) is 0 Å². The number of hydrogen-bond donors (Lipinski definition) is 0. The van der Waals surface area contributed by atoms with Crippen LogP contribution in [-0.4, -0.2) is 9.13 Å². The fourth-order valence-corrected chi connectivity index (χ4v) is 5.89. The molecule has 0 bridgehead atoms. The maximum atomic E-state index is 2.46. The molecule has 0 spiro atoms. The van der Waals surface area contributed by atoms with Crippen LogP contribution in [0, 0.1) is 0 Å². The molecular formula is C34H22N2. The van der Waals surface area contributed by atoms with E-state index in [1.807, 2.05) is 0 Å². The fraction of sp³-hybridized carbons (Fsp3) is 0. The van der Waals surface area contributed by atoms with E-state index in [1.54, 1.807) is 0 Å². The number of hydrogen-bond acceptors (Lipinski definition) is 0. The molecule has 0 aliphatic carbocycles. The standard InChI is InChI=1S/C34H22N2/c1-2-11-25(12-3-1)35-19-18-24-20-30-29-16-8-9-17-31(29)36(34(30)22-32(24)35)33-21-23-10-4-5-13-26(23)27-14-6-7-15-28(27)33/h1-22H. The van der Waals surface area contributed by atoms with Crippen LogP contribution in [0.15, 0.2) is 134 Å². The average Bonchev–Trinajstić information content (AvgIpc) is 3.50. The molecular weight excluding hydrogens is 436 g/mol. The largest absolute Gasteiger partial charge is 0.316 e. The van der Waals surface area contributed by atoms with E-state index in [2.05, 4.69) is 143 Å². The molecule has 0 unspecified atom stereocenters. The Bertz CT molecular complexity index is 2090. The van der Waals surface area contributed by atoms with Crippen molar-refractivity contribution in [3.05, 3.63) is 134 Å². The second kappa shape index (κ2) is 7.34. The van der Waals surface area contributed by atoms with Gasteiger partial charge in [0.25, 0.3) is 0 Å². The lowest BCUT2D eigenvalue weighted by Gasteiger charge is -2.14. The third-order valence-corrected chi connectivity index (χ3v) is 7.51. The minimum absolute atomic E-state index is 1.17. The highest BCUT2D eigenvalue weighted by atomic mass is 15.0. The maximum Gasteiger partial charge on any atom is 0.0562 e. The Labute approximate surface area is 208 Å². The highest BCUT2D eigenvalue weighted by Gasteiger charge is 2.17. The Balaban J connectivity index is 1.55. The number of rotatable bonds is 2. The quantitative estimate of drug-likeness (QED) is 0.229. The molecule has 36 heavy (non-hydrogen) atoms. The minimum atomic E-state index is 1.17. The van der Waals surface area contributed by atoms with Gasteiger partial charge >= 0.3 is 0 Å².